The van der Waals surface area contributed by atoms with E-state index in [2.05, 4.69) is 22.8 Å². The van der Waals surface area contributed by atoms with Gasteiger partial charge in [-0.25, -0.2) is 4.79 Å². The van der Waals surface area contributed by atoms with Gasteiger partial charge in [0.1, 0.15) is 5.58 Å². The van der Waals surface area contributed by atoms with Crippen LogP contribution in [-0.2, 0) is 0 Å². The molecule has 0 aliphatic heterocycles. The first-order chi connectivity index (χ1) is 14.7. The fourth-order valence-corrected chi connectivity index (χ4v) is 4.43. The number of amides is 2. The molecule has 0 aliphatic rings. The molecule has 1 aromatic heterocycles. The van der Waals surface area contributed by atoms with Crippen LogP contribution in [-0.4, -0.2) is 6.03 Å². The molecule has 0 radical (unpaired) electrons. The Hall–Kier alpha value is -3.24. The zero-order chi connectivity index (χ0) is 22.3. The van der Waals surface area contributed by atoms with Crippen molar-refractivity contribution in [2.24, 2.45) is 0 Å². The highest BCUT2D eigenvalue weighted by Crippen LogP contribution is 2.43. The third-order valence-corrected chi connectivity index (χ3v) is 5.73. The molecule has 0 saturated carbocycles. The van der Waals surface area contributed by atoms with Gasteiger partial charge in [-0.3, -0.25) is 5.32 Å². The zero-order valence-electron chi connectivity index (χ0n) is 18.3. The molecular weight excluding hydrogens is 408 g/mol. The third kappa shape index (κ3) is 4.04. The van der Waals surface area contributed by atoms with Gasteiger partial charge in [0.15, 0.2) is 0 Å². The maximum Gasteiger partial charge on any atom is 0.326 e. The van der Waals surface area contributed by atoms with Crippen LogP contribution in [0.15, 0.2) is 52.9 Å². The van der Waals surface area contributed by atoms with Crippen molar-refractivity contribution in [3.05, 3.63) is 81.4 Å². The lowest BCUT2D eigenvalue weighted by Gasteiger charge is -2.13. The summed E-state index contributed by atoms with van der Waals surface area (Å²) in [5.74, 6) is 0.372. The number of fused-ring (bicyclic) bond motifs is 1. The van der Waals surface area contributed by atoms with Crippen LogP contribution in [0.1, 0.15) is 27.8 Å². The molecule has 4 nitrogen and oxygen atoms in total. The minimum atomic E-state index is -0.364. The fraction of sp³-hybridized carbons (Fsp3) is 0.192. The number of carbonyl (C=O) groups is 1. The molecule has 0 spiro atoms. The number of nitrogens with one attached hydrogen (secondary N) is 2. The second kappa shape index (κ2) is 8.12. The lowest BCUT2D eigenvalue weighted by Crippen LogP contribution is -2.20. The van der Waals surface area contributed by atoms with E-state index in [0.29, 0.717) is 10.9 Å². The molecule has 4 rings (SSSR count). The summed E-state index contributed by atoms with van der Waals surface area (Å²) < 4.78 is 6.15. The summed E-state index contributed by atoms with van der Waals surface area (Å²) in [6, 6.07) is 15.4. The van der Waals surface area contributed by atoms with Crippen molar-refractivity contribution in [2.75, 3.05) is 10.6 Å². The predicted molar refractivity (Wildman–Crippen MR) is 129 cm³/mol. The minimum absolute atomic E-state index is 0.364. The van der Waals surface area contributed by atoms with Gasteiger partial charge in [0.05, 0.1) is 5.56 Å². The second-order valence-corrected chi connectivity index (χ2v) is 8.50. The van der Waals surface area contributed by atoms with Gasteiger partial charge in [0.25, 0.3) is 0 Å². The maximum atomic E-state index is 13.0. The van der Waals surface area contributed by atoms with Crippen LogP contribution >= 0.6 is 11.6 Å². The number of rotatable bonds is 3. The molecule has 0 unspecified atom stereocenters. The number of aryl methyl sites for hydroxylation is 5. The average Bonchev–Trinajstić information content (AvgIpc) is 3.03. The first-order valence-corrected chi connectivity index (χ1v) is 10.6. The summed E-state index contributed by atoms with van der Waals surface area (Å²) in [5, 5.41) is 7.40. The number of hydrogen-bond donors (Lipinski definition) is 2. The SMILES string of the molecule is Cc1cc(C)c(NC(=O)Nc2oc3c(C)cc(C)cc3c2-c2ccccc2Cl)c(C)c1. The van der Waals surface area contributed by atoms with E-state index in [1.807, 2.05) is 71.0 Å². The van der Waals surface area contributed by atoms with Crippen molar-refractivity contribution < 1.29 is 9.21 Å². The van der Waals surface area contributed by atoms with E-state index in [1.165, 1.54) is 0 Å². The Labute approximate surface area is 187 Å². The lowest BCUT2D eigenvalue weighted by atomic mass is 10.0. The largest absolute Gasteiger partial charge is 0.439 e. The van der Waals surface area contributed by atoms with E-state index in [1.54, 1.807) is 0 Å². The van der Waals surface area contributed by atoms with Crippen molar-refractivity contribution in [1.29, 1.82) is 0 Å². The van der Waals surface area contributed by atoms with Crippen LogP contribution in [0.25, 0.3) is 22.1 Å². The number of carbonyl (C=O) groups excluding carboxylic acids is 1. The fourth-order valence-electron chi connectivity index (χ4n) is 4.20. The van der Waals surface area contributed by atoms with E-state index >= 15 is 0 Å². The Morgan fingerprint density at radius 3 is 2.13 bits per heavy atom. The van der Waals surface area contributed by atoms with Crippen LogP contribution in [0.3, 0.4) is 0 Å². The average molecular weight is 433 g/mol. The number of furan rings is 1. The summed E-state index contributed by atoms with van der Waals surface area (Å²) in [4.78, 5) is 13.0. The molecule has 0 aliphatic carbocycles. The van der Waals surface area contributed by atoms with Gasteiger partial charge in [-0.2, -0.15) is 0 Å². The predicted octanol–water partition coefficient (Wildman–Crippen LogP) is 7.94. The number of halogens is 1. The summed E-state index contributed by atoms with van der Waals surface area (Å²) in [6.45, 7) is 10.0. The van der Waals surface area contributed by atoms with Crippen molar-refractivity contribution in [1.82, 2.24) is 0 Å². The van der Waals surface area contributed by atoms with Gasteiger partial charge in [0.2, 0.25) is 5.88 Å². The number of urea groups is 1. The maximum absolute atomic E-state index is 13.0. The Bertz CT molecular complexity index is 1300. The van der Waals surface area contributed by atoms with Crippen LogP contribution < -0.4 is 10.6 Å². The summed E-state index contributed by atoms with van der Waals surface area (Å²) in [5.41, 5.74) is 8.41. The van der Waals surface area contributed by atoms with Gasteiger partial charge >= 0.3 is 6.03 Å². The highest BCUT2D eigenvalue weighted by Gasteiger charge is 2.21. The van der Waals surface area contributed by atoms with Crippen molar-refractivity contribution in [3.8, 4) is 11.1 Å². The van der Waals surface area contributed by atoms with Gasteiger partial charge in [-0.1, -0.05) is 53.6 Å². The summed E-state index contributed by atoms with van der Waals surface area (Å²) >= 11 is 6.52. The van der Waals surface area contributed by atoms with E-state index in [0.717, 1.165) is 55.6 Å². The first-order valence-electron chi connectivity index (χ1n) is 10.2. The quantitative estimate of drug-likeness (QED) is 0.345. The number of benzene rings is 3. The Morgan fingerprint density at radius 1 is 0.839 bits per heavy atom. The van der Waals surface area contributed by atoms with E-state index in [9.17, 15) is 4.79 Å². The highest BCUT2D eigenvalue weighted by molar-refractivity contribution is 6.34. The normalized spacial score (nSPS) is 11.0. The van der Waals surface area contributed by atoms with Crippen molar-refractivity contribution >= 4 is 40.2 Å². The molecule has 158 valence electrons. The van der Waals surface area contributed by atoms with Crippen molar-refractivity contribution in [3.63, 3.8) is 0 Å². The number of anilines is 2. The molecular formula is C26H25ClN2O2. The van der Waals surface area contributed by atoms with E-state index in [4.69, 9.17) is 16.0 Å². The molecule has 1 heterocycles. The first kappa shape index (κ1) is 21.0. The minimum Gasteiger partial charge on any atom is -0.439 e. The Kier molecular flexibility index (Phi) is 5.50. The molecule has 5 heteroatoms. The molecule has 31 heavy (non-hydrogen) atoms. The molecule has 2 amide bonds. The zero-order valence-corrected chi connectivity index (χ0v) is 19.1. The molecule has 0 fully saturated rings. The highest BCUT2D eigenvalue weighted by atomic mass is 35.5. The van der Waals surface area contributed by atoms with Crippen LogP contribution in [0.2, 0.25) is 5.02 Å². The smallest absolute Gasteiger partial charge is 0.326 e. The molecule has 3 aromatic carbocycles. The number of hydrogen-bond acceptors (Lipinski definition) is 2. The van der Waals surface area contributed by atoms with Gasteiger partial charge in [0, 0.05) is 21.7 Å². The molecule has 0 saturated heterocycles. The lowest BCUT2D eigenvalue weighted by molar-refractivity contribution is 0.261. The summed E-state index contributed by atoms with van der Waals surface area (Å²) in [6.07, 6.45) is 0. The van der Waals surface area contributed by atoms with Crippen LogP contribution in [0.5, 0.6) is 0 Å². The van der Waals surface area contributed by atoms with E-state index in [-0.39, 0.29) is 6.03 Å². The molecule has 2 N–H and O–H groups in total. The van der Waals surface area contributed by atoms with Gasteiger partial charge in [-0.05, 0) is 69.0 Å². The Morgan fingerprint density at radius 2 is 1.45 bits per heavy atom. The summed E-state index contributed by atoms with van der Waals surface area (Å²) in [7, 11) is 0. The Balaban J connectivity index is 1.79. The van der Waals surface area contributed by atoms with Crippen LogP contribution in [0.4, 0.5) is 16.4 Å². The van der Waals surface area contributed by atoms with Crippen LogP contribution in [0, 0.1) is 34.6 Å². The van der Waals surface area contributed by atoms with Gasteiger partial charge in [-0.15, -0.1) is 0 Å². The standard InChI is InChI=1S/C26H25ClN2O2/c1-14-10-16(3)23(17(4)11-14)28-26(30)29-25-22(19-8-6-7-9-21(19)27)20-13-15(2)12-18(5)24(20)31-25/h6-13H,1-5H3,(H2,28,29,30). The third-order valence-electron chi connectivity index (χ3n) is 5.41. The van der Waals surface area contributed by atoms with Crippen molar-refractivity contribution in [2.45, 2.75) is 34.6 Å². The molecule has 4 aromatic rings. The topological polar surface area (TPSA) is 54.3 Å². The molecule has 0 atom stereocenters. The monoisotopic (exact) mass is 432 g/mol. The second-order valence-electron chi connectivity index (χ2n) is 8.10. The van der Waals surface area contributed by atoms with Gasteiger partial charge < -0.3 is 9.73 Å². The molecule has 0 bridgehead atoms. The van der Waals surface area contributed by atoms with E-state index < -0.39 is 0 Å².